The zero-order chi connectivity index (χ0) is 15.5. The number of hydrogen-bond acceptors (Lipinski definition) is 4. The molecule has 1 saturated heterocycles. The van der Waals surface area contributed by atoms with Crippen molar-refractivity contribution >= 4 is 5.97 Å². The summed E-state index contributed by atoms with van der Waals surface area (Å²) in [5, 5.41) is 12.9. The third-order valence-electron chi connectivity index (χ3n) is 5.49. The topological polar surface area (TPSA) is 55.8 Å². The van der Waals surface area contributed by atoms with Crippen LogP contribution in [0, 0.1) is 0 Å². The lowest BCUT2D eigenvalue weighted by molar-refractivity contribution is -0.147. The highest BCUT2D eigenvalue weighted by Gasteiger charge is 2.44. The number of hydrogen-bond donors (Lipinski definition) is 2. The van der Waals surface area contributed by atoms with Crippen molar-refractivity contribution in [1.29, 1.82) is 0 Å². The molecule has 0 aromatic rings. The fourth-order valence-electron chi connectivity index (χ4n) is 4.06. The van der Waals surface area contributed by atoms with E-state index in [9.17, 15) is 9.90 Å². The Kier molecular flexibility index (Phi) is 5.63. The summed E-state index contributed by atoms with van der Waals surface area (Å²) in [7, 11) is 4.38. The molecule has 0 amide bonds. The van der Waals surface area contributed by atoms with E-state index in [0.29, 0.717) is 12.1 Å². The van der Waals surface area contributed by atoms with Gasteiger partial charge in [-0.25, -0.2) is 0 Å². The quantitative estimate of drug-likeness (QED) is 0.803. The molecule has 2 atom stereocenters. The van der Waals surface area contributed by atoms with Gasteiger partial charge in [0, 0.05) is 12.1 Å². The predicted octanol–water partition coefficient (Wildman–Crippen LogP) is 1.39. The Hall–Kier alpha value is -0.650. The molecular weight excluding hydrogens is 266 g/mol. The summed E-state index contributed by atoms with van der Waals surface area (Å²) in [5.74, 6) is -0.675. The molecule has 1 heterocycles. The highest BCUT2D eigenvalue weighted by atomic mass is 16.4. The molecule has 0 spiro atoms. The van der Waals surface area contributed by atoms with Gasteiger partial charge in [0.15, 0.2) is 0 Å². The fourth-order valence-corrected chi connectivity index (χ4v) is 4.06. The van der Waals surface area contributed by atoms with E-state index in [1.807, 2.05) is 6.92 Å². The molecule has 0 aromatic heterocycles. The number of nitrogens with one attached hydrogen (secondary N) is 1. The first-order valence-corrected chi connectivity index (χ1v) is 8.37. The number of likely N-dealkylation sites (tertiary alicyclic amines) is 1. The van der Waals surface area contributed by atoms with Gasteiger partial charge in [0.2, 0.25) is 0 Å². The number of rotatable bonds is 5. The van der Waals surface area contributed by atoms with Crippen LogP contribution in [0.3, 0.4) is 0 Å². The molecule has 2 unspecified atom stereocenters. The van der Waals surface area contributed by atoms with Gasteiger partial charge in [0.1, 0.15) is 5.54 Å². The van der Waals surface area contributed by atoms with Gasteiger partial charge in [-0.3, -0.25) is 4.79 Å². The Balaban J connectivity index is 2.00. The lowest BCUT2D eigenvalue weighted by Gasteiger charge is -2.45. The summed E-state index contributed by atoms with van der Waals surface area (Å²) in [4.78, 5) is 16.6. The van der Waals surface area contributed by atoms with Crippen LogP contribution in [0.25, 0.3) is 0 Å². The Morgan fingerprint density at radius 3 is 2.57 bits per heavy atom. The summed E-state index contributed by atoms with van der Waals surface area (Å²) in [6.45, 7) is 5.02. The minimum atomic E-state index is -0.711. The predicted molar refractivity (Wildman–Crippen MR) is 84.6 cm³/mol. The molecule has 0 bridgehead atoms. The van der Waals surface area contributed by atoms with Gasteiger partial charge in [-0.15, -0.1) is 0 Å². The number of carboxylic acids is 1. The van der Waals surface area contributed by atoms with E-state index in [4.69, 9.17) is 0 Å². The van der Waals surface area contributed by atoms with Crippen LogP contribution in [-0.4, -0.2) is 72.2 Å². The standard InChI is InChI=1S/C16H31N3O2/c1-4-17-16(15(20)21)9-5-6-14(12-16)19(3)13-7-10-18(2)11-8-13/h13-14,17H,4-12H2,1-3H3,(H,20,21). The summed E-state index contributed by atoms with van der Waals surface area (Å²) >= 11 is 0. The average molecular weight is 297 g/mol. The maximum absolute atomic E-state index is 11.8. The van der Waals surface area contributed by atoms with Gasteiger partial charge >= 0.3 is 5.97 Å². The smallest absolute Gasteiger partial charge is 0.323 e. The number of piperidine rings is 1. The molecule has 1 aliphatic carbocycles. The van der Waals surface area contributed by atoms with Crippen LogP contribution in [0.5, 0.6) is 0 Å². The lowest BCUT2D eigenvalue weighted by Crippen LogP contribution is -2.59. The Morgan fingerprint density at radius 1 is 1.33 bits per heavy atom. The van der Waals surface area contributed by atoms with Crippen molar-refractivity contribution in [2.45, 2.75) is 63.1 Å². The summed E-state index contributed by atoms with van der Waals surface area (Å²) in [6, 6.07) is 1.000. The van der Waals surface area contributed by atoms with E-state index in [0.717, 1.165) is 45.3 Å². The Morgan fingerprint density at radius 2 is 2.00 bits per heavy atom. The van der Waals surface area contributed by atoms with E-state index in [2.05, 4.69) is 29.2 Å². The molecule has 2 N–H and O–H groups in total. The monoisotopic (exact) mass is 297 g/mol. The van der Waals surface area contributed by atoms with Crippen LogP contribution in [0.1, 0.15) is 45.4 Å². The second-order valence-corrected chi connectivity index (χ2v) is 6.87. The van der Waals surface area contributed by atoms with E-state index < -0.39 is 11.5 Å². The van der Waals surface area contributed by atoms with Crippen molar-refractivity contribution < 1.29 is 9.90 Å². The first-order chi connectivity index (χ1) is 9.98. The molecule has 0 radical (unpaired) electrons. The van der Waals surface area contributed by atoms with Crippen LogP contribution in [0.4, 0.5) is 0 Å². The highest BCUT2D eigenvalue weighted by molar-refractivity contribution is 5.79. The third kappa shape index (κ3) is 3.76. The molecule has 21 heavy (non-hydrogen) atoms. The molecule has 1 saturated carbocycles. The molecule has 1 aliphatic heterocycles. The molecule has 2 rings (SSSR count). The molecule has 5 heteroatoms. The van der Waals surface area contributed by atoms with Crippen molar-refractivity contribution in [2.75, 3.05) is 33.7 Å². The molecule has 2 fully saturated rings. The van der Waals surface area contributed by atoms with E-state index in [1.165, 1.54) is 12.8 Å². The number of carboxylic acid groups (broad SMARTS) is 1. The van der Waals surface area contributed by atoms with E-state index in [1.54, 1.807) is 0 Å². The second kappa shape index (κ2) is 7.07. The zero-order valence-electron chi connectivity index (χ0n) is 13.8. The van der Waals surface area contributed by atoms with Crippen LogP contribution >= 0.6 is 0 Å². The van der Waals surface area contributed by atoms with Crippen molar-refractivity contribution in [3.63, 3.8) is 0 Å². The van der Waals surface area contributed by atoms with Crippen molar-refractivity contribution in [2.24, 2.45) is 0 Å². The van der Waals surface area contributed by atoms with E-state index in [-0.39, 0.29) is 0 Å². The number of nitrogens with zero attached hydrogens (tertiary/aromatic N) is 2. The van der Waals surface area contributed by atoms with Gasteiger partial charge in [0.05, 0.1) is 0 Å². The van der Waals surface area contributed by atoms with Crippen LogP contribution in [0.15, 0.2) is 0 Å². The van der Waals surface area contributed by atoms with Crippen molar-refractivity contribution in [1.82, 2.24) is 15.1 Å². The first kappa shape index (κ1) is 16.7. The van der Waals surface area contributed by atoms with E-state index >= 15 is 0 Å². The number of carbonyl (C=O) groups is 1. The molecule has 5 nitrogen and oxygen atoms in total. The maximum Gasteiger partial charge on any atom is 0.323 e. The van der Waals surface area contributed by atoms with Crippen molar-refractivity contribution in [3.8, 4) is 0 Å². The zero-order valence-corrected chi connectivity index (χ0v) is 13.8. The van der Waals surface area contributed by atoms with Gasteiger partial charge < -0.3 is 20.2 Å². The average Bonchev–Trinajstić information content (AvgIpc) is 2.48. The van der Waals surface area contributed by atoms with Gasteiger partial charge in [-0.2, -0.15) is 0 Å². The fraction of sp³-hybridized carbons (Fsp3) is 0.938. The van der Waals surface area contributed by atoms with Crippen LogP contribution < -0.4 is 5.32 Å². The molecule has 0 aromatic carbocycles. The second-order valence-electron chi connectivity index (χ2n) is 6.87. The summed E-state index contributed by atoms with van der Waals surface area (Å²) < 4.78 is 0. The first-order valence-electron chi connectivity index (χ1n) is 8.37. The van der Waals surface area contributed by atoms with Gasteiger partial charge in [0.25, 0.3) is 0 Å². The largest absolute Gasteiger partial charge is 0.480 e. The maximum atomic E-state index is 11.8. The van der Waals surface area contributed by atoms with Gasteiger partial charge in [-0.05, 0) is 72.3 Å². The molecular formula is C16H31N3O2. The highest BCUT2D eigenvalue weighted by Crippen LogP contribution is 2.33. The van der Waals surface area contributed by atoms with Crippen LogP contribution in [-0.2, 0) is 4.79 Å². The minimum Gasteiger partial charge on any atom is -0.480 e. The summed E-state index contributed by atoms with van der Waals surface area (Å²) in [6.07, 6.45) is 6.02. The molecule has 122 valence electrons. The normalized spacial score (nSPS) is 32.5. The van der Waals surface area contributed by atoms with Gasteiger partial charge in [-0.1, -0.05) is 6.92 Å². The number of aliphatic carboxylic acids is 1. The Bertz CT molecular complexity index is 351. The third-order valence-corrected chi connectivity index (χ3v) is 5.49. The lowest BCUT2D eigenvalue weighted by atomic mass is 9.77. The Labute approximate surface area is 128 Å². The summed E-state index contributed by atoms with van der Waals surface area (Å²) in [5.41, 5.74) is -0.711. The van der Waals surface area contributed by atoms with Crippen LogP contribution in [0.2, 0.25) is 0 Å². The number of likely N-dealkylation sites (N-methyl/N-ethyl adjacent to an activating group) is 1. The SMILES string of the molecule is CCNC1(C(=O)O)CCCC(N(C)C2CCN(C)CC2)C1. The molecule has 2 aliphatic rings. The minimum absolute atomic E-state index is 0.391. The van der Waals surface area contributed by atoms with Crippen molar-refractivity contribution in [3.05, 3.63) is 0 Å².